The average molecular weight is 237 g/mol. The molecule has 0 spiro atoms. The van der Waals surface area contributed by atoms with Crippen molar-refractivity contribution in [2.45, 2.75) is 18.7 Å². The second-order valence-electron chi connectivity index (χ2n) is 3.71. The lowest BCUT2D eigenvalue weighted by atomic mass is 10.0. The van der Waals surface area contributed by atoms with Crippen LogP contribution in [0.4, 0.5) is 0 Å². The fourth-order valence-corrected chi connectivity index (χ4v) is 2.51. The van der Waals surface area contributed by atoms with Crippen LogP contribution in [0, 0.1) is 6.92 Å². The van der Waals surface area contributed by atoms with Gasteiger partial charge in [-0.2, -0.15) is 11.3 Å². The van der Waals surface area contributed by atoms with E-state index in [9.17, 15) is 0 Å². The molecule has 0 fully saturated rings. The van der Waals surface area contributed by atoms with E-state index in [4.69, 9.17) is 11.6 Å². The maximum atomic E-state index is 6.35. The van der Waals surface area contributed by atoms with Crippen molar-refractivity contribution in [2.24, 2.45) is 0 Å². The van der Waals surface area contributed by atoms with Crippen LogP contribution in [0.15, 0.2) is 41.1 Å². The van der Waals surface area contributed by atoms with Gasteiger partial charge >= 0.3 is 0 Å². The fraction of sp³-hybridized carbons (Fsp3) is 0.231. The predicted molar refractivity (Wildman–Crippen MR) is 67.8 cm³/mol. The Balaban J connectivity index is 2.08. The van der Waals surface area contributed by atoms with Crippen molar-refractivity contribution in [3.05, 3.63) is 57.8 Å². The SMILES string of the molecule is Cc1ccc(C(Cl)Cc2ccsc2)cc1. The summed E-state index contributed by atoms with van der Waals surface area (Å²) in [7, 11) is 0. The molecule has 1 heterocycles. The molecule has 2 aromatic rings. The Morgan fingerprint density at radius 1 is 1.20 bits per heavy atom. The Morgan fingerprint density at radius 2 is 1.93 bits per heavy atom. The molecular weight excluding hydrogens is 224 g/mol. The molecule has 1 aromatic heterocycles. The maximum absolute atomic E-state index is 6.35. The summed E-state index contributed by atoms with van der Waals surface area (Å²) in [5.41, 5.74) is 3.80. The summed E-state index contributed by atoms with van der Waals surface area (Å²) in [5.74, 6) is 0. The number of halogens is 1. The van der Waals surface area contributed by atoms with Gasteiger partial charge in [0.05, 0.1) is 5.38 Å². The number of hydrogen-bond donors (Lipinski definition) is 0. The van der Waals surface area contributed by atoms with Crippen molar-refractivity contribution in [3.8, 4) is 0 Å². The third-order valence-corrected chi connectivity index (χ3v) is 3.57. The van der Waals surface area contributed by atoms with E-state index >= 15 is 0 Å². The minimum Gasteiger partial charge on any atom is -0.152 e. The first-order valence-corrected chi connectivity index (χ1v) is 6.35. The van der Waals surface area contributed by atoms with Gasteiger partial charge in [-0.3, -0.25) is 0 Å². The van der Waals surface area contributed by atoms with Gasteiger partial charge in [0.1, 0.15) is 0 Å². The highest BCUT2D eigenvalue weighted by molar-refractivity contribution is 7.07. The number of alkyl halides is 1. The second-order valence-corrected chi connectivity index (χ2v) is 5.02. The molecule has 15 heavy (non-hydrogen) atoms. The van der Waals surface area contributed by atoms with Gasteiger partial charge in [-0.05, 0) is 41.3 Å². The highest BCUT2D eigenvalue weighted by Crippen LogP contribution is 2.25. The third-order valence-electron chi connectivity index (χ3n) is 2.43. The standard InChI is InChI=1S/C13H13ClS/c1-10-2-4-12(5-3-10)13(14)8-11-6-7-15-9-11/h2-7,9,13H,8H2,1H3. The summed E-state index contributed by atoms with van der Waals surface area (Å²) in [6.07, 6.45) is 0.911. The van der Waals surface area contributed by atoms with Crippen LogP contribution in [0.3, 0.4) is 0 Å². The van der Waals surface area contributed by atoms with Crippen molar-refractivity contribution in [1.29, 1.82) is 0 Å². The molecular formula is C13H13ClS. The summed E-state index contributed by atoms with van der Waals surface area (Å²) in [6, 6.07) is 10.6. The zero-order valence-electron chi connectivity index (χ0n) is 8.61. The largest absolute Gasteiger partial charge is 0.152 e. The zero-order valence-corrected chi connectivity index (χ0v) is 10.2. The number of hydrogen-bond acceptors (Lipinski definition) is 1. The first-order chi connectivity index (χ1) is 7.25. The van der Waals surface area contributed by atoms with Crippen LogP contribution < -0.4 is 0 Å². The maximum Gasteiger partial charge on any atom is 0.0625 e. The highest BCUT2D eigenvalue weighted by Gasteiger charge is 2.08. The van der Waals surface area contributed by atoms with E-state index in [-0.39, 0.29) is 5.38 Å². The van der Waals surface area contributed by atoms with Gasteiger partial charge in [0.25, 0.3) is 0 Å². The molecule has 0 amide bonds. The first kappa shape index (κ1) is 10.7. The highest BCUT2D eigenvalue weighted by atomic mass is 35.5. The van der Waals surface area contributed by atoms with Crippen molar-refractivity contribution in [2.75, 3.05) is 0 Å². The molecule has 0 nitrogen and oxygen atoms in total. The van der Waals surface area contributed by atoms with Gasteiger partial charge in [-0.25, -0.2) is 0 Å². The van der Waals surface area contributed by atoms with E-state index in [0.717, 1.165) is 6.42 Å². The molecule has 0 aliphatic heterocycles. The molecule has 0 saturated heterocycles. The van der Waals surface area contributed by atoms with Gasteiger partial charge in [0.2, 0.25) is 0 Å². The summed E-state index contributed by atoms with van der Waals surface area (Å²) < 4.78 is 0. The van der Waals surface area contributed by atoms with Crippen LogP contribution in [0.1, 0.15) is 22.1 Å². The summed E-state index contributed by atoms with van der Waals surface area (Å²) in [5, 5.41) is 4.33. The average Bonchev–Trinajstić information content (AvgIpc) is 2.71. The molecule has 2 rings (SSSR count). The third kappa shape index (κ3) is 2.83. The van der Waals surface area contributed by atoms with E-state index in [2.05, 4.69) is 48.0 Å². The predicted octanol–water partition coefficient (Wildman–Crippen LogP) is 4.58. The lowest BCUT2D eigenvalue weighted by Gasteiger charge is -2.08. The van der Waals surface area contributed by atoms with Crippen molar-refractivity contribution in [1.82, 2.24) is 0 Å². The van der Waals surface area contributed by atoms with Crippen LogP contribution in [0.2, 0.25) is 0 Å². The Bertz CT molecular complexity index is 403. The minimum atomic E-state index is 0.0835. The number of aryl methyl sites for hydroxylation is 1. The Kier molecular flexibility index (Phi) is 3.45. The van der Waals surface area contributed by atoms with Gasteiger partial charge in [-0.1, -0.05) is 29.8 Å². The van der Waals surface area contributed by atoms with Crippen molar-refractivity contribution in [3.63, 3.8) is 0 Å². The van der Waals surface area contributed by atoms with Gasteiger partial charge < -0.3 is 0 Å². The normalized spacial score (nSPS) is 12.7. The minimum absolute atomic E-state index is 0.0835. The zero-order chi connectivity index (χ0) is 10.7. The molecule has 0 saturated carbocycles. The monoisotopic (exact) mass is 236 g/mol. The van der Waals surface area contributed by atoms with E-state index in [1.807, 2.05) is 0 Å². The summed E-state index contributed by atoms with van der Waals surface area (Å²) in [6.45, 7) is 2.09. The van der Waals surface area contributed by atoms with E-state index < -0.39 is 0 Å². The quantitative estimate of drug-likeness (QED) is 0.685. The molecule has 1 unspecified atom stereocenters. The molecule has 0 N–H and O–H groups in total. The second kappa shape index (κ2) is 4.82. The molecule has 78 valence electrons. The molecule has 2 heteroatoms. The lowest BCUT2D eigenvalue weighted by Crippen LogP contribution is -1.94. The van der Waals surface area contributed by atoms with Crippen LogP contribution in [0.25, 0.3) is 0 Å². The van der Waals surface area contributed by atoms with Gasteiger partial charge in [0, 0.05) is 0 Å². The number of benzene rings is 1. The van der Waals surface area contributed by atoms with E-state index in [1.54, 1.807) is 11.3 Å². The Hall–Kier alpha value is -0.790. The lowest BCUT2D eigenvalue weighted by molar-refractivity contribution is 0.924. The van der Waals surface area contributed by atoms with Crippen LogP contribution in [-0.2, 0) is 6.42 Å². The molecule has 1 aromatic carbocycles. The number of rotatable bonds is 3. The Labute approximate surface area is 99.5 Å². The van der Waals surface area contributed by atoms with Gasteiger partial charge in [-0.15, -0.1) is 11.6 Å². The fourth-order valence-electron chi connectivity index (χ4n) is 1.51. The summed E-state index contributed by atoms with van der Waals surface area (Å²) in [4.78, 5) is 0. The topological polar surface area (TPSA) is 0 Å². The van der Waals surface area contributed by atoms with Crippen molar-refractivity contribution < 1.29 is 0 Å². The first-order valence-electron chi connectivity index (χ1n) is 4.97. The Morgan fingerprint density at radius 3 is 2.53 bits per heavy atom. The molecule has 0 aliphatic carbocycles. The number of thiophene rings is 1. The van der Waals surface area contributed by atoms with Crippen LogP contribution in [-0.4, -0.2) is 0 Å². The molecule has 0 aliphatic rings. The summed E-state index contributed by atoms with van der Waals surface area (Å²) >= 11 is 8.08. The van der Waals surface area contributed by atoms with Gasteiger partial charge in [0.15, 0.2) is 0 Å². The smallest absolute Gasteiger partial charge is 0.0625 e. The van der Waals surface area contributed by atoms with Crippen molar-refractivity contribution >= 4 is 22.9 Å². The molecule has 0 radical (unpaired) electrons. The van der Waals surface area contributed by atoms with Crippen LogP contribution in [0.5, 0.6) is 0 Å². The molecule has 1 atom stereocenters. The van der Waals surface area contributed by atoms with E-state index in [0.29, 0.717) is 0 Å². The molecule has 0 bridgehead atoms. The van der Waals surface area contributed by atoms with E-state index in [1.165, 1.54) is 16.7 Å². The van der Waals surface area contributed by atoms with Crippen LogP contribution >= 0.6 is 22.9 Å².